The number of likely N-dealkylation sites (tertiary alicyclic amines) is 1. The molecule has 2 fully saturated rings. The fourth-order valence-electron chi connectivity index (χ4n) is 4.91. The molecule has 0 aromatic heterocycles. The minimum Gasteiger partial charge on any atom is -0.334 e. The van der Waals surface area contributed by atoms with Crippen LogP contribution in [0, 0.1) is 5.92 Å². The lowest BCUT2D eigenvalue weighted by molar-refractivity contribution is 0.119. The highest BCUT2D eigenvalue weighted by molar-refractivity contribution is 6.36. The quantitative estimate of drug-likeness (QED) is 0.503. The second-order valence-electron chi connectivity index (χ2n) is 8.64. The lowest BCUT2D eigenvalue weighted by Gasteiger charge is -2.38. The molecule has 31 heavy (non-hydrogen) atoms. The van der Waals surface area contributed by atoms with Crippen LogP contribution in [0.25, 0.3) is 0 Å². The average molecular weight is 481 g/mol. The molecule has 0 bridgehead atoms. The number of rotatable bonds is 5. The lowest BCUT2D eigenvalue weighted by atomic mass is 9.89. The third kappa shape index (κ3) is 6.07. The van der Waals surface area contributed by atoms with Crippen molar-refractivity contribution in [3.63, 3.8) is 0 Å². The molecule has 2 atom stereocenters. The zero-order valence-electron chi connectivity index (χ0n) is 17.4. The van der Waals surface area contributed by atoms with Crippen molar-refractivity contribution in [1.29, 1.82) is 0 Å². The van der Waals surface area contributed by atoms with Crippen LogP contribution in [0.1, 0.15) is 37.7 Å². The van der Waals surface area contributed by atoms with Crippen LogP contribution in [0.4, 0.5) is 10.5 Å². The average Bonchev–Trinajstić information content (AvgIpc) is 3.20. The number of nitrogens with one attached hydrogen (secondary N) is 2. The number of benzene rings is 2. The second kappa shape index (κ2) is 10.4. The zero-order chi connectivity index (χ0) is 21.8. The summed E-state index contributed by atoms with van der Waals surface area (Å²) in [6.45, 7) is 2.18. The Balaban J connectivity index is 1.27. The van der Waals surface area contributed by atoms with E-state index >= 15 is 0 Å². The number of carbonyl (C=O) groups is 1. The van der Waals surface area contributed by atoms with Crippen molar-refractivity contribution in [2.75, 3.05) is 18.4 Å². The van der Waals surface area contributed by atoms with Crippen LogP contribution in [0.15, 0.2) is 42.5 Å². The highest BCUT2D eigenvalue weighted by atomic mass is 35.5. The van der Waals surface area contributed by atoms with Crippen LogP contribution in [-0.4, -0.2) is 36.1 Å². The van der Waals surface area contributed by atoms with Gasteiger partial charge < -0.3 is 10.6 Å². The van der Waals surface area contributed by atoms with Gasteiger partial charge in [-0.1, -0.05) is 46.9 Å². The first-order valence-electron chi connectivity index (χ1n) is 11.0. The molecule has 4 rings (SSSR count). The Bertz CT molecular complexity index is 897. The van der Waals surface area contributed by atoms with Crippen LogP contribution in [0.2, 0.25) is 15.1 Å². The van der Waals surface area contributed by atoms with Crippen LogP contribution in [-0.2, 0) is 6.42 Å². The van der Waals surface area contributed by atoms with E-state index in [0.29, 0.717) is 27.7 Å². The molecule has 1 aliphatic carbocycles. The number of amides is 2. The van der Waals surface area contributed by atoms with Crippen molar-refractivity contribution in [3.05, 3.63) is 63.1 Å². The molecular formula is C24H28Cl3N3O. The number of hydrogen-bond donors (Lipinski definition) is 2. The summed E-state index contributed by atoms with van der Waals surface area (Å²) < 4.78 is 0. The summed E-state index contributed by atoms with van der Waals surface area (Å²) in [5, 5.41) is 7.81. The molecule has 7 heteroatoms. The van der Waals surface area contributed by atoms with Gasteiger partial charge in [0.05, 0.1) is 10.7 Å². The van der Waals surface area contributed by atoms with E-state index in [2.05, 4.69) is 27.7 Å². The summed E-state index contributed by atoms with van der Waals surface area (Å²) in [6, 6.07) is 13.7. The van der Waals surface area contributed by atoms with Crippen molar-refractivity contribution in [1.82, 2.24) is 10.2 Å². The lowest BCUT2D eigenvalue weighted by Crippen LogP contribution is -2.52. The summed E-state index contributed by atoms with van der Waals surface area (Å²) in [6.07, 6.45) is 6.78. The van der Waals surface area contributed by atoms with Gasteiger partial charge in [-0.3, -0.25) is 4.90 Å². The van der Waals surface area contributed by atoms with E-state index < -0.39 is 0 Å². The standard InChI is InChI=1S/C24H28Cl3N3O/c25-18-6-4-16(5-7-18)14-17-10-12-30(13-11-17)23-3-1-2-22(23)29-24(31)28-21-9-8-19(26)15-20(21)27/h4-9,15,17,22-23H,1-3,10-14H2,(H2,28,29,31)/t22-,23-/m1/s1. The predicted octanol–water partition coefficient (Wildman–Crippen LogP) is 6.64. The topological polar surface area (TPSA) is 44.4 Å². The zero-order valence-corrected chi connectivity index (χ0v) is 19.7. The van der Waals surface area contributed by atoms with E-state index in [1.807, 2.05) is 12.1 Å². The van der Waals surface area contributed by atoms with Gasteiger partial charge in [0.1, 0.15) is 0 Å². The van der Waals surface area contributed by atoms with Crippen LogP contribution < -0.4 is 10.6 Å². The highest BCUT2D eigenvalue weighted by Gasteiger charge is 2.35. The first kappa shape index (κ1) is 22.7. The van der Waals surface area contributed by atoms with E-state index in [9.17, 15) is 4.79 Å². The van der Waals surface area contributed by atoms with Crippen molar-refractivity contribution in [2.45, 2.75) is 50.6 Å². The summed E-state index contributed by atoms with van der Waals surface area (Å²) >= 11 is 18.1. The largest absolute Gasteiger partial charge is 0.334 e. The Labute approximate surface area is 199 Å². The van der Waals surface area contributed by atoms with Crippen LogP contribution >= 0.6 is 34.8 Å². The molecule has 2 amide bonds. The predicted molar refractivity (Wildman–Crippen MR) is 129 cm³/mol. The molecular weight excluding hydrogens is 453 g/mol. The number of nitrogens with zero attached hydrogens (tertiary/aromatic N) is 1. The smallest absolute Gasteiger partial charge is 0.319 e. The van der Waals surface area contributed by atoms with E-state index in [0.717, 1.165) is 43.8 Å². The summed E-state index contributed by atoms with van der Waals surface area (Å²) in [5.41, 5.74) is 1.93. The van der Waals surface area contributed by atoms with Gasteiger partial charge in [-0.2, -0.15) is 0 Å². The first-order valence-corrected chi connectivity index (χ1v) is 12.1. The maximum absolute atomic E-state index is 12.6. The summed E-state index contributed by atoms with van der Waals surface area (Å²) in [5.74, 6) is 0.709. The minimum atomic E-state index is -0.209. The van der Waals surface area contributed by atoms with Crippen molar-refractivity contribution in [3.8, 4) is 0 Å². The second-order valence-corrected chi connectivity index (χ2v) is 9.92. The molecule has 2 aliphatic rings. The summed E-state index contributed by atoms with van der Waals surface area (Å²) in [7, 11) is 0. The van der Waals surface area contributed by atoms with Crippen molar-refractivity contribution in [2.24, 2.45) is 5.92 Å². The van der Waals surface area contributed by atoms with Gasteiger partial charge in [0.2, 0.25) is 0 Å². The van der Waals surface area contributed by atoms with E-state index in [-0.39, 0.29) is 12.1 Å². The molecule has 2 aromatic rings. The molecule has 2 N–H and O–H groups in total. The SMILES string of the molecule is O=C(Nc1ccc(Cl)cc1Cl)N[C@@H]1CCC[C@H]1N1CCC(Cc2ccc(Cl)cc2)CC1. The van der Waals surface area contributed by atoms with Gasteiger partial charge in [-0.15, -0.1) is 0 Å². The third-order valence-electron chi connectivity index (χ3n) is 6.53. The highest BCUT2D eigenvalue weighted by Crippen LogP contribution is 2.30. The third-order valence-corrected chi connectivity index (χ3v) is 7.33. The van der Waals surface area contributed by atoms with Crippen LogP contribution in [0.3, 0.4) is 0 Å². The van der Waals surface area contributed by atoms with Crippen LogP contribution in [0.5, 0.6) is 0 Å². The van der Waals surface area contributed by atoms with Gasteiger partial charge >= 0.3 is 6.03 Å². The Hall–Kier alpha value is -1.46. The Morgan fingerprint density at radius 2 is 1.65 bits per heavy atom. The van der Waals surface area contributed by atoms with E-state index in [4.69, 9.17) is 34.8 Å². The maximum Gasteiger partial charge on any atom is 0.319 e. The summed E-state index contributed by atoms with van der Waals surface area (Å²) in [4.78, 5) is 15.1. The van der Waals surface area contributed by atoms with Gasteiger partial charge in [-0.25, -0.2) is 4.79 Å². The Kier molecular flexibility index (Phi) is 7.65. The molecule has 1 heterocycles. The number of piperidine rings is 1. The van der Waals surface area contributed by atoms with E-state index in [1.165, 1.54) is 18.4 Å². The monoisotopic (exact) mass is 479 g/mol. The van der Waals surface area contributed by atoms with Gasteiger partial charge in [0, 0.05) is 22.1 Å². The number of carbonyl (C=O) groups excluding carboxylic acids is 1. The molecule has 0 spiro atoms. The molecule has 0 radical (unpaired) electrons. The fourth-order valence-corrected chi connectivity index (χ4v) is 5.49. The molecule has 1 saturated carbocycles. The molecule has 0 unspecified atom stereocenters. The fraction of sp³-hybridized carbons (Fsp3) is 0.458. The molecule has 1 saturated heterocycles. The Morgan fingerprint density at radius 1 is 0.935 bits per heavy atom. The molecule has 2 aromatic carbocycles. The van der Waals surface area contributed by atoms with Crippen molar-refractivity contribution < 1.29 is 4.79 Å². The van der Waals surface area contributed by atoms with Gasteiger partial charge in [-0.05, 0) is 93.4 Å². The number of urea groups is 1. The first-order chi connectivity index (χ1) is 15.0. The molecule has 4 nitrogen and oxygen atoms in total. The Morgan fingerprint density at radius 3 is 2.35 bits per heavy atom. The number of hydrogen-bond acceptors (Lipinski definition) is 2. The van der Waals surface area contributed by atoms with Gasteiger partial charge in [0.15, 0.2) is 0 Å². The minimum absolute atomic E-state index is 0.166. The molecule has 166 valence electrons. The van der Waals surface area contributed by atoms with Crippen molar-refractivity contribution >= 4 is 46.5 Å². The maximum atomic E-state index is 12.6. The number of anilines is 1. The van der Waals surface area contributed by atoms with Gasteiger partial charge in [0.25, 0.3) is 0 Å². The van der Waals surface area contributed by atoms with E-state index in [1.54, 1.807) is 18.2 Å². The number of halogens is 3. The normalized spacial score (nSPS) is 22.4. The molecule has 1 aliphatic heterocycles.